The fourth-order valence-electron chi connectivity index (χ4n) is 2.08. The molecule has 0 bridgehead atoms. The monoisotopic (exact) mass is 281 g/mol. The van der Waals surface area contributed by atoms with Gasteiger partial charge < -0.3 is 14.8 Å². The molecule has 2 heterocycles. The standard InChI is InChI=1S/C13H23N5O2/c1-3-6-14-11-15-12(19-2)17-13(16-11)20-10-9-18-7-4-5-8-18/h3-10H2,1-2H3,(H,14,15,16,17). The maximum Gasteiger partial charge on any atom is 0.324 e. The predicted octanol–water partition coefficient (Wildman–Crippen LogP) is 1.18. The first-order valence-corrected chi connectivity index (χ1v) is 7.21. The van der Waals surface area contributed by atoms with Gasteiger partial charge in [0, 0.05) is 13.1 Å². The second-order valence-electron chi connectivity index (χ2n) is 4.75. The zero-order chi connectivity index (χ0) is 14.2. The third kappa shape index (κ3) is 4.48. The molecule has 1 fully saturated rings. The first-order valence-electron chi connectivity index (χ1n) is 7.21. The van der Waals surface area contributed by atoms with Gasteiger partial charge in [-0.15, -0.1) is 4.98 Å². The van der Waals surface area contributed by atoms with Crippen molar-refractivity contribution in [2.24, 2.45) is 0 Å². The van der Waals surface area contributed by atoms with Crippen LogP contribution in [-0.2, 0) is 0 Å². The maximum atomic E-state index is 5.61. The average Bonchev–Trinajstić information content (AvgIpc) is 2.98. The summed E-state index contributed by atoms with van der Waals surface area (Å²) in [7, 11) is 1.53. The largest absolute Gasteiger partial charge is 0.467 e. The van der Waals surface area contributed by atoms with Crippen LogP contribution in [0.5, 0.6) is 12.0 Å². The lowest BCUT2D eigenvalue weighted by Crippen LogP contribution is -2.25. The summed E-state index contributed by atoms with van der Waals surface area (Å²) in [5.74, 6) is 0.495. The molecular formula is C13H23N5O2. The third-order valence-electron chi connectivity index (χ3n) is 3.15. The number of anilines is 1. The molecule has 1 aliphatic heterocycles. The Bertz CT molecular complexity index is 410. The molecule has 0 amide bonds. The maximum absolute atomic E-state index is 5.61. The van der Waals surface area contributed by atoms with Gasteiger partial charge in [0.1, 0.15) is 6.61 Å². The Morgan fingerprint density at radius 3 is 2.60 bits per heavy atom. The van der Waals surface area contributed by atoms with E-state index in [0.717, 1.165) is 32.6 Å². The molecule has 112 valence electrons. The summed E-state index contributed by atoms with van der Waals surface area (Å²) in [6, 6.07) is 0.587. The minimum Gasteiger partial charge on any atom is -0.467 e. The number of ether oxygens (including phenoxy) is 2. The molecule has 20 heavy (non-hydrogen) atoms. The van der Waals surface area contributed by atoms with E-state index < -0.39 is 0 Å². The number of nitrogens with zero attached hydrogens (tertiary/aromatic N) is 4. The number of methoxy groups -OCH3 is 1. The van der Waals surface area contributed by atoms with E-state index in [-0.39, 0.29) is 6.01 Å². The van der Waals surface area contributed by atoms with Crippen LogP contribution in [0.15, 0.2) is 0 Å². The van der Waals surface area contributed by atoms with Crippen LogP contribution >= 0.6 is 0 Å². The molecule has 0 unspecified atom stereocenters. The molecule has 1 N–H and O–H groups in total. The molecular weight excluding hydrogens is 258 g/mol. The summed E-state index contributed by atoms with van der Waals surface area (Å²) in [6.45, 7) is 6.70. The molecule has 0 saturated carbocycles. The Morgan fingerprint density at radius 1 is 1.15 bits per heavy atom. The van der Waals surface area contributed by atoms with Crippen molar-refractivity contribution in [2.45, 2.75) is 26.2 Å². The van der Waals surface area contributed by atoms with Gasteiger partial charge in [-0.1, -0.05) is 6.92 Å². The number of hydrogen-bond donors (Lipinski definition) is 1. The van der Waals surface area contributed by atoms with Gasteiger partial charge in [0.15, 0.2) is 0 Å². The minimum atomic E-state index is 0.273. The zero-order valence-corrected chi connectivity index (χ0v) is 12.3. The van der Waals surface area contributed by atoms with Crippen LogP contribution < -0.4 is 14.8 Å². The Hall–Kier alpha value is -1.63. The highest BCUT2D eigenvalue weighted by molar-refractivity contribution is 5.27. The number of likely N-dealkylation sites (tertiary alicyclic amines) is 1. The van der Waals surface area contributed by atoms with E-state index in [1.54, 1.807) is 0 Å². The van der Waals surface area contributed by atoms with E-state index in [0.29, 0.717) is 18.6 Å². The van der Waals surface area contributed by atoms with Crippen LogP contribution in [0.3, 0.4) is 0 Å². The Balaban J connectivity index is 1.87. The first-order chi connectivity index (χ1) is 9.81. The van der Waals surface area contributed by atoms with E-state index in [1.165, 1.54) is 20.0 Å². The summed E-state index contributed by atoms with van der Waals surface area (Å²) >= 11 is 0. The van der Waals surface area contributed by atoms with Gasteiger partial charge in [0.05, 0.1) is 7.11 Å². The summed E-state index contributed by atoms with van der Waals surface area (Å²) in [5, 5.41) is 3.11. The molecule has 1 aromatic rings. The third-order valence-corrected chi connectivity index (χ3v) is 3.15. The van der Waals surface area contributed by atoms with Crippen molar-refractivity contribution in [3.05, 3.63) is 0 Å². The van der Waals surface area contributed by atoms with Crippen LogP contribution in [0.1, 0.15) is 26.2 Å². The minimum absolute atomic E-state index is 0.273. The van der Waals surface area contributed by atoms with E-state index in [4.69, 9.17) is 9.47 Å². The molecule has 0 atom stereocenters. The molecule has 0 aliphatic carbocycles. The lowest BCUT2D eigenvalue weighted by molar-refractivity contribution is 0.222. The molecule has 2 rings (SSSR count). The summed E-state index contributed by atoms with van der Waals surface area (Å²) in [5.41, 5.74) is 0. The number of aromatic nitrogens is 3. The van der Waals surface area contributed by atoms with E-state index in [1.807, 2.05) is 0 Å². The van der Waals surface area contributed by atoms with Crippen LogP contribution in [0.2, 0.25) is 0 Å². The zero-order valence-electron chi connectivity index (χ0n) is 12.3. The molecule has 0 spiro atoms. The molecule has 7 heteroatoms. The second-order valence-corrected chi connectivity index (χ2v) is 4.75. The highest BCUT2D eigenvalue weighted by Crippen LogP contribution is 2.13. The van der Waals surface area contributed by atoms with Crippen LogP contribution in [0.4, 0.5) is 5.95 Å². The number of rotatable bonds is 8. The van der Waals surface area contributed by atoms with Crippen LogP contribution in [-0.4, -0.2) is 59.7 Å². The van der Waals surface area contributed by atoms with Crippen molar-refractivity contribution in [3.8, 4) is 12.0 Å². The van der Waals surface area contributed by atoms with E-state index in [9.17, 15) is 0 Å². The lowest BCUT2D eigenvalue weighted by atomic mass is 10.4. The molecule has 0 aromatic carbocycles. The normalized spacial score (nSPS) is 15.3. The highest BCUT2D eigenvalue weighted by Gasteiger charge is 2.12. The summed E-state index contributed by atoms with van der Waals surface area (Å²) < 4.78 is 10.7. The van der Waals surface area contributed by atoms with Gasteiger partial charge in [-0.2, -0.15) is 9.97 Å². The van der Waals surface area contributed by atoms with Crippen molar-refractivity contribution < 1.29 is 9.47 Å². The van der Waals surface area contributed by atoms with Gasteiger partial charge in [-0.05, 0) is 32.4 Å². The Labute approximate surface area is 119 Å². The average molecular weight is 281 g/mol. The van der Waals surface area contributed by atoms with Gasteiger partial charge in [0.25, 0.3) is 0 Å². The van der Waals surface area contributed by atoms with Gasteiger partial charge in [0.2, 0.25) is 5.95 Å². The van der Waals surface area contributed by atoms with Crippen LogP contribution in [0.25, 0.3) is 0 Å². The van der Waals surface area contributed by atoms with Gasteiger partial charge in [-0.25, -0.2) is 0 Å². The van der Waals surface area contributed by atoms with E-state index in [2.05, 4.69) is 32.1 Å². The molecule has 1 aromatic heterocycles. The fourth-order valence-corrected chi connectivity index (χ4v) is 2.08. The molecule has 1 saturated heterocycles. The fraction of sp³-hybridized carbons (Fsp3) is 0.769. The quantitative estimate of drug-likeness (QED) is 0.767. The Kier molecular flexibility index (Phi) is 5.79. The topological polar surface area (TPSA) is 72.4 Å². The van der Waals surface area contributed by atoms with Crippen molar-refractivity contribution in [3.63, 3.8) is 0 Å². The SMILES string of the molecule is CCCNc1nc(OC)nc(OCCN2CCCC2)n1. The first kappa shape index (κ1) is 14.8. The van der Waals surface area contributed by atoms with Crippen molar-refractivity contribution >= 4 is 5.95 Å². The number of hydrogen-bond acceptors (Lipinski definition) is 7. The second kappa shape index (κ2) is 7.84. The van der Waals surface area contributed by atoms with E-state index >= 15 is 0 Å². The number of nitrogens with one attached hydrogen (secondary N) is 1. The molecule has 0 radical (unpaired) electrons. The van der Waals surface area contributed by atoms with Crippen molar-refractivity contribution in [2.75, 3.05) is 45.2 Å². The van der Waals surface area contributed by atoms with Crippen molar-refractivity contribution in [1.29, 1.82) is 0 Å². The summed E-state index contributed by atoms with van der Waals surface area (Å²) in [4.78, 5) is 14.8. The highest BCUT2D eigenvalue weighted by atomic mass is 16.5. The summed E-state index contributed by atoms with van der Waals surface area (Å²) in [6.07, 6.45) is 3.56. The van der Waals surface area contributed by atoms with Crippen molar-refractivity contribution in [1.82, 2.24) is 19.9 Å². The molecule has 7 nitrogen and oxygen atoms in total. The smallest absolute Gasteiger partial charge is 0.324 e. The predicted molar refractivity (Wildman–Crippen MR) is 76.3 cm³/mol. The van der Waals surface area contributed by atoms with Gasteiger partial charge in [-0.3, -0.25) is 4.90 Å². The van der Waals surface area contributed by atoms with Crippen LogP contribution in [0, 0.1) is 0 Å². The lowest BCUT2D eigenvalue weighted by Gasteiger charge is -2.14. The molecule has 1 aliphatic rings. The Morgan fingerprint density at radius 2 is 1.90 bits per heavy atom. The van der Waals surface area contributed by atoms with Gasteiger partial charge >= 0.3 is 12.0 Å².